The van der Waals surface area contributed by atoms with Gasteiger partial charge >= 0.3 is 11.9 Å². The molecule has 0 heterocycles. The summed E-state index contributed by atoms with van der Waals surface area (Å²) in [5.41, 5.74) is 5.91. The van der Waals surface area contributed by atoms with Crippen molar-refractivity contribution in [1.29, 1.82) is 0 Å². The minimum Gasteiger partial charge on any atom is -0.508 e. The Hall–Kier alpha value is -2.04. The second-order valence-corrected chi connectivity index (χ2v) is 3.09. The zero-order chi connectivity index (χ0) is 11.6. The molecule has 0 bridgehead atoms. The molecular weight excluding hydrogens is 198 g/mol. The Morgan fingerprint density at radius 3 is 2.40 bits per heavy atom. The third kappa shape index (κ3) is 2.25. The summed E-state index contributed by atoms with van der Waals surface area (Å²) in [7, 11) is 0. The largest absolute Gasteiger partial charge is 0.508 e. The van der Waals surface area contributed by atoms with E-state index >= 15 is 0 Å². The highest BCUT2D eigenvalue weighted by molar-refractivity contribution is 6.32. The van der Waals surface area contributed by atoms with E-state index in [1.54, 1.807) is 13.8 Å². The lowest BCUT2D eigenvalue weighted by Crippen LogP contribution is -2.28. The number of phenolic OH excluding ortho intramolecular Hbond substituents is 1. The van der Waals surface area contributed by atoms with Crippen LogP contribution in [0.25, 0.3) is 0 Å². The van der Waals surface area contributed by atoms with Gasteiger partial charge in [0.15, 0.2) is 0 Å². The van der Waals surface area contributed by atoms with Gasteiger partial charge in [-0.2, -0.15) is 0 Å². The standard InChI is InChI=1S/C10H11NO4/c1-5-6(2)8(4-3-7(5)12)15-10(14)9(11)13/h3-4,12H,1-2H3,(H2,11,13). The van der Waals surface area contributed by atoms with Gasteiger partial charge in [0, 0.05) is 0 Å². The molecule has 5 nitrogen and oxygen atoms in total. The van der Waals surface area contributed by atoms with E-state index < -0.39 is 11.9 Å². The van der Waals surface area contributed by atoms with Crippen LogP contribution in [0.5, 0.6) is 11.5 Å². The first kappa shape index (κ1) is 11.0. The molecule has 0 aliphatic rings. The van der Waals surface area contributed by atoms with Crippen molar-refractivity contribution in [3.05, 3.63) is 23.3 Å². The fourth-order valence-corrected chi connectivity index (χ4v) is 1.04. The Balaban J connectivity index is 3.02. The predicted octanol–water partition coefficient (Wildman–Crippen LogP) is 0.400. The van der Waals surface area contributed by atoms with Crippen LogP contribution in [0, 0.1) is 13.8 Å². The number of hydrogen-bond acceptors (Lipinski definition) is 4. The monoisotopic (exact) mass is 209 g/mol. The lowest BCUT2D eigenvalue weighted by atomic mass is 10.1. The number of carbonyl (C=O) groups is 2. The summed E-state index contributed by atoms with van der Waals surface area (Å²) < 4.78 is 4.72. The highest BCUT2D eigenvalue weighted by Crippen LogP contribution is 2.27. The van der Waals surface area contributed by atoms with Crippen LogP contribution in [0.4, 0.5) is 0 Å². The first-order valence-electron chi connectivity index (χ1n) is 4.24. The number of rotatable bonds is 1. The Bertz CT molecular complexity index is 426. The molecular formula is C10H11NO4. The quantitative estimate of drug-likeness (QED) is 0.398. The van der Waals surface area contributed by atoms with Crippen LogP contribution in [0.2, 0.25) is 0 Å². The van der Waals surface area contributed by atoms with Gasteiger partial charge in [-0.05, 0) is 37.1 Å². The molecule has 3 N–H and O–H groups in total. The van der Waals surface area contributed by atoms with Crippen molar-refractivity contribution in [3.63, 3.8) is 0 Å². The molecule has 0 aromatic heterocycles. The number of aromatic hydroxyl groups is 1. The summed E-state index contributed by atoms with van der Waals surface area (Å²) >= 11 is 0. The average Bonchev–Trinajstić information content (AvgIpc) is 2.18. The highest BCUT2D eigenvalue weighted by Gasteiger charge is 2.14. The molecule has 0 atom stereocenters. The van der Waals surface area contributed by atoms with E-state index in [0.29, 0.717) is 11.1 Å². The van der Waals surface area contributed by atoms with E-state index in [1.807, 2.05) is 0 Å². The van der Waals surface area contributed by atoms with Crippen molar-refractivity contribution in [2.24, 2.45) is 5.73 Å². The number of esters is 1. The lowest BCUT2D eigenvalue weighted by molar-refractivity contribution is -0.146. The Labute approximate surface area is 86.5 Å². The Kier molecular flexibility index (Phi) is 2.94. The van der Waals surface area contributed by atoms with Crippen LogP contribution in [0.15, 0.2) is 12.1 Å². The van der Waals surface area contributed by atoms with Gasteiger partial charge in [0.05, 0.1) is 0 Å². The van der Waals surface area contributed by atoms with Gasteiger partial charge in [0.2, 0.25) is 0 Å². The SMILES string of the molecule is Cc1c(O)ccc(OC(=O)C(N)=O)c1C. The number of hydrogen-bond donors (Lipinski definition) is 2. The number of phenols is 1. The molecule has 0 unspecified atom stereocenters. The van der Waals surface area contributed by atoms with Crippen LogP contribution in [0.3, 0.4) is 0 Å². The summed E-state index contributed by atoms with van der Waals surface area (Å²) in [6.07, 6.45) is 0. The molecule has 1 aromatic rings. The normalized spacial score (nSPS) is 9.73. The van der Waals surface area contributed by atoms with E-state index in [9.17, 15) is 14.7 Å². The molecule has 0 fully saturated rings. The summed E-state index contributed by atoms with van der Waals surface area (Å²) in [6, 6.07) is 2.78. The van der Waals surface area contributed by atoms with E-state index in [2.05, 4.69) is 0 Å². The zero-order valence-electron chi connectivity index (χ0n) is 8.40. The third-order valence-corrected chi connectivity index (χ3v) is 2.11. The molecule has 0 aliphatic carbocycles. The third-order valence-electron chi connectivity index (χ3n) is 2.11. The van der Waals surface area contributed by atoms with Crippen molar-refractivity contribution in [2.75, 3.05) is 0 Å². The number of primary amides is 1. The van der Waals surface area contributed by atoms with Crippen molar-refractivity contribution in [2.45, 2.75) is 13.8 Å². The minimum atomic E-state index is -1.15. The Morgan fingerprint density at radius 1 is 1.27 bits per heavy atom. The zero-order valence-corrected chi connectivity index (χ0v) is 8.40. The first-order chi connectivity index (χ1) is 6.93. The maximum absolute atomic E-state index is 10.9. The predicted molar refractivity (Wildman–Crippen MR) is 52.4 cm³/mol. The number of amides is 1. The van der Waals surface area contributed by atoms with Crippen molar-refractivity contribution in [3.8, 4) is 11.5 Å². The van der Waals surface area contributed by atoms with Crippen molar-refractivity contribution in [1.82, 2.24) is 0 Å². The van der Waals surface area contributed by atoms with E-state index in [1.165, 1.54) is 12.1 Å². The number of carbonyl (C=O) groups excluding carboxylic acids is 2. The molecule has 80 valence electrons. The second kappa shape index (κ2) is 4.00. The van der Waals surface area contributed by atoms with Crippen LogP contribution in [-0.4, -0.2) is 17.0 Å². The van der Waals surface area contributed by atoms with Gasteiger partial charge in [-0.15, -0.1) is 0 Å². The molecule has 0 saturated carbocycles. The molecule has 0 aliphatic heterocycles. The number of nitrogens with two attached hydrogens (primary N) is 1. The molecule has 1 rings (SSSR count). The Morgan fingerprint density at radius 2 is 1.87 bits per heavy atom. The molecule has 1 aromatic carbocycles. The highest BCUT2D eigenvalue weighted by atomic mass is 16.5. The van der Waals surface area contributed by atoms with Gasteiger partial charge in [0.25, 0.3) is 0 Å². The maximum atomic E-state index is 10.9. The average molecular weight is 209 g/mol. The van der Waals surface area contributed by atoms with Crippen LogP contribution in [0.1, 0.15) is 11.1 Å². The number of ether oxygens (including phenoxy) is 1. The minimum absolute atomic E-state index is 0.103. The van der Waals surface area contributed by atoms with Crippen LogP contribution >= 0.6 is 0 Å². The van der Waals surface area contributed by atoms with Gasteiger partial charge in [-0.1, -0.05) is 0 Å². The smallest absolute Gasteiger partial charge is 0.401 e. The molecule has 5 heteroatoms. The van der Waals surface area contributed by atoms with Gasteiger partial charge in [-0.3, -0.25) is 4.79 Å². The van der Waals surface area contributed by atoms with Crippen LogP contribution < -0.4 is 10.5 Å². The van der Waals surface area contributed by atoms with Gasteiger partial charge in [0.1, 0.15) is 11.5 Å². The summed E-state index contributed by atoms with van der Waals surface area (Å²) in [5.74, 6) is -1.95. The van der Waals surface area contributed by atoms with E-state index in [0.717, 1.165) is 0 Å². The van der Waals surface area contributed by atoms with Gasteiger partial charge in [-0.25, -0.2) is 4.79 Å². The molecule has 1 amide bonds. The molecule has 15 heavy (non-hydrogen) atoms. The molecule has 0 saturated heterocycles. The lowest BCUT2D eigenvalue weighted by Gasteiger charge is -2.09. The van der Waals surface area contributed by atoms with Crippen molar-refractivity contribution >= 4 is 11.9 Å². The summed E-state index contributed by atoms with van der Waals surface area (Å²) in [5, 5.41) is 9.34. The summed E-state index contributed by atoms with van der Waals surface area (Å²) in [6.45, 7) is 3.34. The fourth-order valence-electron chi connectivity index (χ4n) is 1.04. The molecule has 0 spiro atoms. The second-order valence-electron chi connectivity index (χ2n) is 3.09. The fraction of sp³-hybridized carbons (Fsp3) is 0.200. The van der Waals surface area contributed by atoms with E-state index in [-0.39, 0.29) is 11.5 Å². The first-order valence-corrected chi connectivity index (χ1v) is 4.24. The topological polar surface area (TPSA) is 89.6 Å². The van der Waals surface area contributed by atoms with Gasteiger partial charge < -0.3 is 15.6 Å². The maximum Gasteiger partial charge on any atom is 0.401 e. The van der Waals surface area contributed by atoms with E-state index in [4.69, 9.17) is 10.5 Å². The number of benzene rings is 1. The van der Waals surface area contributed by atoms with Crippen molar-refractivity contribution < 1.29 is 19.4 Å². The molecule has 0 radical (unpaired) electrons. The van der Waals surface area contributed by atoms with Crippen LogP contribution in [-0.2, 0) is 9.59 Å². The summed E-state index contributed by atoms with van der Waals surface area (Å²) in [4.78, 5) is 21.4.